The zero-order valence-corrected chi connectivity index (χ0v) is 14.1. The predicted octanol–water partition coefficient (Wildman–Crippen LogP) is 4.75. The summed E-state index contributed by atoms with van der Waals surface area (Å²) in [4.78, 5) is 22.6. The topological polar surface area (TPSA) is 69.4 Å². The van der Waals surface area contributed by atoms with E-state index < -0.39 is 4.92 Å². The van der Waals surface area contributed by atoms with Crippen molar-refractivity contribution in [3.63, 3.8) is 0 Å². The molecule has 0 unspecified atom stereocenters. The Morgan fingerprint density at radius 3 is 2.61 bits per heavy atom. The zero-order valence-electron chi connectivity index (χ0n) is 12.5. The van der Waals surface area contributed by atoms with E-state index in [9.17, 15) is 14.9 Å². The first-order valence-corrected chi connectivity index (χ1v) is 8.03. The van der Waals surface area contributed by atoms with Gasteiger partial charge in [0.25, 0.3) is 5.69 Å². The highest BCUT2D eigenvalue weighted by Gasteiger charge is 2.16. The highest BCUT2D eigenvalue weighted by molar-refractivity contribution is 7.98. The molecular weight excluding hydrogens is 338 g/mol. The SMILES string of the molecule is COc1ccc(CSc2ccc(C(C)=O)cc2[N+](=O)[O-])cc1Cl. The van der Waals surface area contributed by atoms with Crippen LogP contribution in [-0.2, 0) is 5.75 Å². The van der Waals surface area contributed by atoms with E-state index in [1.54, 1.807) is 24.3 Å². The second-order valence-electron chi connectivity index (χ2n) is 4.75. The van der Waals surface area contributed by atoms with Crippen LogP contribution >= 0.6 is 23.4 Å². The Bertz CT molecular complexity index is 764. The van der Waals surface area contributed by atoms with Crippen LogP contribution in [0.2, 0.25) is 5.02 Å². The molecule has 0 fully saturated rings. The fourth-order valence-corrected chi connectivity index (χ4v) is 3.19. The minimum absolute atomic E-state index is 0.0673. The number of benzene rings is 2. The third kappa shape index (κ3) is 4.24. The lowest BCUT2D eigenvalue weighted by atomic mass is 10.1. The molecule has 5 nitrogen and oxygen atoms in total. The summed E-state index contributed by atoms with van der Waals surface area (Å²) in [5.41, 5.74) is 1.18. The number of carbonyl (C=O) groups excluding carboxylic acids is 1. The number of hydrogen-bond donors (Lipinski definition) is 0. The van der Waals surface area contributed by atoms with Gasteiger partial charge in [0, 0.05) is 17.4 Å². The Balaban J connectivity index is 2.21. The van der Waals surface area contributed by atoms with Gasteiger partial charge in [0.05, 0.1) is 22.0 Å². The van der Waals surface area contributed by atoms with Gasteiger partial charge >= 0.3 is 0 Å². The van der Waals surface area contributed by atoms with Crippen molar-refractivity contribution in [1.82, 2.24) is 0 Å². The van der Waals surface area contributed by atoms with Gasteiger partial charge in [-0.05, 0) is 36.8 Å². The van der Waals surface area contributed by atoms with E-state index in [-0.39, 0.29) is 11.5 Å². The van der Waals surface area contributed by atoms with Gasteiger partial charge in [-0.15, -0.1) is 11.8 Å². The van der Waals surface area contributed by atoms with Gasteiger partial charge < -0.3 is 4.74 Å². The first-order valence-electron chi connectivity index (χ1n) is 6.67. The summed E-state index contributed by atoms with van der Waals surface area (Å²) in [5.74, 6) is 0.896. The number of halogens is 1. The van der Waals surface area contributed by atoms with Crippen LogP contribution in [0.15, 0.2) is 41.3 Å². The largest absolute Gasteiger partial charge is 0.495 e. The van der Waals surface area contributed by atoms with Crippen molar-refractivity contribution in [2.45, 2.75) is 17.6 Å². The van der Waals surface area contributed by atoms with Gasteiger partial charge in [-0.1, -0.05) is 17.7 Å². The van der Waals surface area contributed by atoms with Gasteiger partial charge in [0.1, 0.15) is 5.75 Å². The first kappa shape index (κ1) is 17.3. The van der Waals surface area contributed by atoms with E-state index in [1.807, 2.05) is 6.07 Å². The molecule has 0 aliphatic heterocycles. The summed E-state index contributed by atoms with van der Waals surface area (Å²) in [6.07, 6.45) is 0. The number of ketones is 1. The third-order valence-corrected chi connectivity index (χ3v) is 4.60. The van der Waals surface area contributed by atoms with Crippen molar-refractivity contribution >= 4 is 34.8 Å². The van der Waals surface area contributed by atoms with Crippen LogP contribution in [-0.4, -0.2) is 17.8 Å². The number of methoxy groups -OCH3 is 1. The van der Waals surface area contributed by atoms with E-state index in [0.717, 1.165) is 5.56 Å². The number of hydrogen-bond acceptors (Lipinski definition) is 5. The number of thioether (sulfide) groups is 1. The number of nitrogens with zero attached hydrogens (tertiary/aromatic N) is 1. The Hall–Kier alpha value is -2.05. The quantitative estimate of drug-likeness (QED) is 0.325. The van der Waals surface area contributed by atoms with E-state index in [4.69, 9.17) is 16.3 Å². The van der Waals surface area contributed by atoms with Crippen LogP contribution in [0.4, 0.5) is 5.69 Å². The molecule has 120 valence electrons. The van der Waals surface area contributed by atoms with Gasteiger partial charge in [0.2, 0.25) is 0 Å². The maximum Gasteiger partial charge on any atom is 0.283 e. The Morgan fingerprint density at radius 2 is 2.04 bits per heavy atom. The van der Waals surface area contributed by atoms with Gasteiger partial charge in [0.15, 0.2) is 5.78 Å². The van der Waals surface area contributed by atoms with Crippen molar-refractivity contribution in [3.8, 4) is 5.75 Å². The molecule has 0 heterocycles. The summed E-state index contributed by atoms with van der Waals surface area (Å²) >= 11 is 7.39. The highest BCUT2D eigenvalue weighted by Crippen LogP contribution is 2.34. The normalized spacial score (nSPS) is 10.4. The molecule has 0 saturated carbocycles. The molecule has 0 bridgehead atoms. The molecule has 2 aromatic rings. The number of rotatable bonds is 6. The van der Waals surface area contributed by atoms with Crippen LogP contribution in [0.1, 0.15) is 22.8 Å². The van der Waals surface area contributed by atoms with Crippen LogP contribution in [0.5, 0.6) is 5.75 Å². The third-order valence-electron chi connectivity index (χ3n) is 3.17. The summed E-state index contributed by atoms with van der Waals surface area (Å²) < 4.78 is 5.09. The Labute approximate surface area is 142 Å². The second-order valence-corrected chi connectivity index (χ2v) is 6.18. The lowest BCUT2D eigenvalue weighted by Gasteiger charge is -2.07. The first-order chi connectivity index (χ1) is 10.9. The predicted molar refractivity (Wildman–Crippen MR) is 90.7 cm³/mol. The van der Waals surface area contributed by atoms with Gasteiger partial charge in [-0.3, -0.25) is 14.9 Å². The van der Waals surface area contributed by atoms with Crippen LogP contribution in [0, 0.1) is 10.1 Å². The van der Waals surface area contributed by atoms with Crippen molar-refractivity contribution in [2.75, 3.05) is 7.11 Å². The maximum atomic E-state index is 11.4. The number of Topliss-reactive ketones (excluding diaryl/α,β-unsaturated/α-hetero) is 1. The number of carbonyl (C=O) groups is 1. The summed E-state index contributed by atoms with van der Waals surface area (Å²) in [5, 5.41) is 11.7. The van der Waals surface area contributed by atoms with Crippen LogP contribution < -0.4 is 4.74 Å². The number of nitro benzene ring substituents is 1. The number of ether oxygens (including phenoxy) is 1. The average Bonchev–Trinajstić information content (AvgIpc) is 2.52. The van der Waals surface area contributed by atoms with Crippen molar-refractivity contribution in [3.05, 3.63) is 62.7 Å². The molecule has 0 aromatic heterocycles. The molecule has 0 N–H and O–H groups in total. The molecule has 0 aliphatic carbocycles. The average molecular weight is 352 g/mol. The molecular formula is C16H14ClNO4S. The van der Waals surface area contributed by atoms with Crippen molar-refractivity contribution in [1.29, 1.82) is 0 Å². The van der Waals surface area contributed by atoms with Crippen molar-refractivity contribution < 1.29 is 14.5 Å². The molecule has 2 rings (SSSR count). The fraction of sp³-hybridized carbons (Fsp3) is 0.188. The monoisotopic (exact) mass is 351 g/mol. The molecule has 0 spiro atoms. The maximum absolute atomic E-state index is 11.4. The zero-order chi connectivity index (χ0) is 17.0. The molecule has 0 atom stereocenters. The number of nitro groups is 1. The standard InChI is InChI=1S/C16H14ClNO4S/c1-10(19)12-4-6-16(14(8-12)18(20)21)23-9-11-3-5-15(22-2)13(17)7-11/h3-8H,9H2,1-2H3. The molecule has 0 radical (unpaired) electrons. The lowest BCUT2D eigenvalue weighted by Crippen LogP contribution is -1.97. The summed E-state index contributed by atoms with van der Waals surface area (Å²) in [6, 6.07) is 9.89. The lowest BCUT2D eigenvalue weighted by molar-refractivity contribution is -0.387. The molecule has 0 amide bonds. The minimum atomic E-state index is -0.476. The summed E-state index contributed by atoms with van der Waals surface area (Å²) in [6.45, 7) is 1.38. The van der Waals surface area contributed by atoms with Crippen LogP contribution in [0.25, 0.3) is 0 Å². The fourth-order valence-electron chi connectivity index (χ4n) is 1.96. The smallest absolute Gasteiger partial charge is 0.283 e. The molecule has 2 aromatic carbocycles. The molecule has 0 saturated heterocycles. The van der Waals surface area contributed by atoms with Gasteiger partial charge in [-0.2, -0.15) is 0 Å². The highest BCUT2D eigenvalue weighted by atomic mass is 35.5. The van der Waals surface area contributed by atoms with E-state index in [2.05, 4.69) is 0 Å². The minimum Gasteiger partial charge on any atom is -0.495 e. The molecule has 0 aliphatic rings. The molecule has 23 heavy (non-hydrogen) atoms. The Kier molecular flexibility index (Phi) is 5.63. The Morgan fingerprint density at radius 1 is 1.30 bits per heavy atom. The van der Waals surface area contributed by atoms with Gasteiger partial charge in [-0.25, -0.2) is 0 Å². The van der Waals surface area contributed by atoms with E-state index in [0.29, 0.717) is 27.0 Å². The second kappa shape index (κ2) is 7.48. The molecule has 7 heteroatoms. The van der Waals surface area contributed by atoms with Crippen molar-refractivity contribution in [2.24, 2.45) is 0 Å². The van der Waals surface area contributed by atoms with E-state index >= 15 is 0 Å². The van der Waals surface area contributed by atoms with Crippen LogP contribution in [0.3, 0.4) is 0 Å². The van der Waals surface area contributed by atoms with E-state index in [1.165, 1.54) is 31.9 Å². The summed E-state index contributed by atoms with van der Waals surface area (Å²) in [7, 11) is 1.54.